The second-order valence-corrected chi connectivity index (χ2v) is 4.86. The van der Waals surface area contributed by atoms with E-state index in [-0.39, 0.29) is 5.91 Å². The summed E-state index contributed by atoms with van der Waals surface area (Å²) in [6.07, 6.45) is 1.68. The van der Waals surface area contributed by atoms with Gasteiger partial charge in [0.05, 0.1) is 5.41 Å². The molecule has 0 saturated heterocycles. The quantitative estimate of drug-likeness (QED) is 0.478. The summed E-state index contributed by atoms with van der Waals surface area (Å²) in [6, 6.07) is 5.71. The van der Waals surface area contributed by atoms with Gasteiger partial charge in [-0.15, -0.1) is 0 Å². The van der Waals surface area contributed by atoms with Crippen molar-refractivity contribution >= 4 is 5.91 Å². The van der Waals surface area contributed by atoms with Crippen molar-refractivity contribution in [3.8, 4) is 11.5 Å². The first-order chi connectivity index (χ1) is 8.63. The molecule has 5 nitrogen and oxygen atoms in total. The number of likely N-dealkylation sites (N-methyl/N-ethyl adjacent to an activating group) is 1. The van der Waals surface area contributed by atoms with Gasteiger partial charge in [-0.3, -0.25) is 9.80 Å². The standard InChI is InChI=1S/C13H16N2O3/c1-15(14)12(16)13(4-5-13)9-2-3-10-11(8-9)18-7-6-17-10/h2-3,8H,4-7,14H2,1H3. The van der Waals surface area contributed by atoms with Crippen LogP contribution in [0.3, 0.4) is 0 Å². The molecule has 1 aromatic rings. The van der Waals surface area contributed by atoms with Crippen LogP contribution in [0.2, 0.25) is 0 Å². The maximum absolute atomic E-state index is 12.1. The molecule has 2 N–H and O–H groups in total. The number of hydrogen-bond acceptors (Lipinski definition) is 4. The zero-order valence-electron chi connectivity index (χ0n) is 10.3. The van der Waals surface area contributed by atoms with Gasteiger partial charge in [0.2, 0.25) is 5.91 Å². The number of nitrogens with two attached hydrogens (primary N) is 1. The van der Waals surface area contributed by atoms with E-state index in [0.717, 1.165) is 29.9 Å². The molecular weight excluding hydrogens is 232 g/mol. The number of rotatable bonds is 2. The summed E-state index contributed by atoms with van der Waals surface area (Å²) in [6.45, 7) is 1.12. The summed E-state index contributed by atoms with van der Waals surface area (Å²) in [5, 5.41) is 1.17. The van der Waals surface area contributed by atoms with Crippen LogP contribution in [0.25, 0.3) is 0 Å². The van der Waals surface area contributed by atoms with Gasteiger partial charge in [0.25, 0.3) is 0 Å². The Hall–Kier alpha value is -1.75. The first kappa shape index (κ1) is 11.3. The van der Waals surface area contributed by atoms with Crippen molar-refractivity contribution < 1.29 is 14.3 Å². The zero-order chi connectivity index (χ0) is 12.8. The van der Waals surface area contributed by atoms with Gasteiger partial charge in [0.15, 0.2) is 11.5 Å². The molecule has 18 heavy (non-hydrogen) atoms. The van der Waals surface area contributed by atoms with E-state index in [1.807, 2.05) is 18.2 Å². The third-order valence-electron chi connectivity index (χ3n) is 3.57. The van der Waals surface area contributed by atoms with Gasteiger partial charge in [0.1, 0.15) is 13.2 Å². The van der Waals surface area contributed by atoms with Crippen molar-refractivity contribution in [3.63, 3.8) is 0 Å². The molecule has 3 rings (SSSR count). The van der Waals surface area contributed by atoms with Gasteiger partial charge in [-0.2, -0.15) is 0 Å². The van der Waals surface area contributed by atoms with Crippen molar-refractivity contribution in [1.29, 1.82) is 0 Å². The van der Waals surface area contributed by atoms with Gasteiger partial charge in [-0.1, -0.05) is 6.07 Å². The minimum absolute atomic E-state index is 0.0424. The second kappa shape index (κ2) is 3.88. The highest BCUT2D eigenvalue weighted by molar-refractivity contribution is 5.91. The van der Waals surface area contributed by atoms with Gasteiger partial charge in [-0.25, -0.2) is 5.84 Å². The summed E-state index contributed by atoms with van der Waals surface area (Å²) in [7, 11) is 1.58. The molecule has 5 heteroatoms. The van der Waals surface area contributed by atoms with Crippen LogP contribution in [0.4, 0.5) is 0 Å². The van der Waals surface area contributed by atoms with Crippen molar-refractivity contribution in [2.45, 2.75) is 18.3 Å². The third kappa shape index (κ3) is 1.62. The number of fused-ring (bicyclic) bond motifs is 1. The molecule has 0 bridgehead atoms. The number of nitrogens with zero attached hydrogens (tertiary/aromatic N) is 1. The maximum atomic E-state index is 12.1. The molecule has 1 saturated carbocycles. The molecule has 0 aromatic heterocycles. The summed E-state index contributed by atoms with van der Waals surface area (Å²) in [4.78, 5) is 12.1. The predicted octanol–water partition coefficient (Wildman–Crippen LogP) is 0.821. The van der Waals surface area contributed by atoms with Crippen LogP contribution in [0.1, 0.15) is 18.4 Å². The first-order valence-electron chi connectivity index (χ1n) is 6.06. The fraction of sp³-hybridized carbons (Fsp3) is 0.462. The summed E-state index contributed by atoms with van der Waals surface area (Å²) in [5.41, 5.74) is 0.522. The molecule has 1 aliphatic heterocycles. The van der Waals surface area contributed by atoms with E-state index < -0.39 is 5.41 Å². The topological polar surface area (TPSA) is 64.8 Å². The monoisotopic (exact) mass is 248 g/mol. The average Bonchev–Trinajstić information content (AvgIpc) is 3.18. The molecule has 0 radical (unpaired) electrons. The second-order valence-electron chi connectivity index (χ2n) is 4.86. The number of hydrogen-bond donors (Lipinski definition) is 1. The highest BCUT2D eigenvalue weighted by Gasteiger charge is 2.52. The van der Waals surface area contributed by atoms with E-state index in [9.17, 15) is 4.79 Å². The van der Waals surface area contributed by atoms with Crippen LogP contribution in [0, 0.1) is 0 Å². The molecule has 0 spiro atoms. The number of hydrazine groups is 1. The molecule has 1 amide bonds. The Balaban J connectivity index is 1.95. The van der Waals surface area contributed by atoms with Crippen molar-refractivity contribution in [2.24, 2.45) is 5.84 Å². The van der Waals surface area contributed by atoms with Crippen molar-refractivity contribution in [2.75, 3.05) is 20.3 Å². The average molecular weight is 248 g/mol. The van der Waals surface area contributed by atoms with Crippen molar-refractivity contribution in [1.82, 2.24) is 5.01 Å². The first-order valence-corrected chi connectivity index (χ1v) is 6.06. The predicted molar refractivity (Wildman–Crippen MR) is 65.3 cm³/mol. The molecule has 0 unspecified atom stereocenters. The van der Waals surface area contributed by atoms with Crippen LogP contribution in [-0.4, -0.2) is 31.2 Å². The van der Waals surface area contributed by atoms with E-state index in [2.05, 4.69) is 0 Å². The number of ether oxygens (including phenoxy) is 2. The van der Waals surface area contributed by atoms with Gasteiger partial charge in [-0.05, 0) is 30.5 Å². The lowest BCUT2D eigenvalue weighted by atomic mass is 9.94. The van der Waals surface area contributed by atoms with Gasteiger partial charge in [0, 0.05) is 7.05 Å². The van der Waals surface area contributed by atoms with Crippen molar-refractivity contribution in [3.05, 3.63) is 23.8 Å². The van der Waals surface area contributed by atoms with Crippen LogP contribution < -0.4 is 15.3 Å². The molecule has 2 aliphatic rings. The summed E-state index contributed by atoms with van der Waals surface area (Å²) in [5.74, 6) is 6.99. The van der Waals surface area contributed by atoms with Crippen LogP contribution in [0.15, 0.2) is 18.2 Å². The number of benzene rings is 1. The highest BCUT2D eigenvalue weighted by Crippen LogP contribution is 2.50. The molecule has 96 valence electrons. The minimum Gasteiger partial charge on any atom is -0.486 e. The van der Waals surface area contributed by atoms with E-state index in [0.29, 0.717) is 13.2 Å². The molecule has 1 heterocycles. The summed E-state index contributed by atoms with van der Waals surface area (Å²) < 4.78 is 11.0. The molecule has 1 aliphatic carbocycles. The zero-order valence-corrected chi connectivity index (χ0v) is 10.3. The Morgan fingerprint density at radius 2 is 1.94 bits per heavy atom. The van der Waals surface area contributed by atoms with Gasteiger partial charge >= 0.3 is 0 Å². The smallest absolute Gasteiger partial charge is 0.246 e. The van der Waals surface area contributed by atoms with E-state index in [4.69, 9.17) is 15.3 Å². The number of carbonyl (C=O) groups is 1. The molecular formula is C13H16N2O3. The fourth-order valence-corrected chi connectivity index (χ4v) is 2.43. The Morgan fingerprint density at radius 1 is 1.28 bits per heavy atom. The number of amides is 1. The summed E-state index contributed by atoms with van der Waals surface area (Å²) >= 11 is 0. The lowest BCUT2D eigenvalue weighted by Crippen LogP contribution is -2.41. The molecule has 0 atom stereocenters. The normalized spacial score (nSPS) is 19.2. The number of carbonyl (C=O) groups excluding carboxylic acids is 1. The minimum atomic E-state index is -0.445. The van der Waals surface area contributed by atoms with Crippen LogP contribution >= 0.6 is 0 Å². The van der Waals surface area contributed by atoms with Gasteiger partial charge < -0.3 is 9.47 Å². The lowest BCUT2D eigenvalue weighted by molar-refractivity contribution is -0.132. The van der Waals surface area contributed by atoms with Crippen LogP contribution in [-0.2, 0) is 10.2 Å². The Kier molecular flexibility index (Phi) is 2.45. The van der Waals surface area contributed by atoms with E-state index in [1.165, 1.54) is 5.01 Å². The SMILES string of the molecule is CN(N)C(=O)C1(c2ccc3c(c2)OCCO3)CC1. The maximum Gasteiger partial charge on any atom is 0.246 e. The highest BCUT2D eigenvalue weighted by atomic mass is 16.6. The molecule has 1 fully saturated rings. The van der Waals surface area contributed by atoms with E-state index >= 15 is 0 Å². The Morgan fingerprint density at radius 3 is 2.56 bits per heavy atom. The van der Waals surface area contributed by atoms with Crippen LogP contribution in [0.5, 0.6) is 11.5 Å². The Bertz CT molecular complexity index is 495. The lowest BCUT2D eigenvalue weighted by Gasteiger charge is -2.23. The third-order valence-corrected chi connectivity index (χ3v) is 3.57. The fourth-order valence-electron chi connectivity index (χ4n) is 2.43. The largest absolute Gasteiger partial charge is 0.486 e. The van der Waals surface area contributed by atoms with E-state index in [1.54, 1.807) is 7.05 Å². The molecule has 1 aromatic carbocycles. The Labute approximate surface area is 105 Å².